The highest BCUT2D eigenvalue weighted by molar-refractivity contribution is 6.01. The van der Waals surface area contributed by atoms with Gasteiger partial charge in [0, 0.05) is 17.5 Å². The molecule has 0 fully saturated rings. The molecule has 2 aromatic rings. The number of aliphatic carboxylic acids is 2. The van der Waals surface area contributed by atoms with Gasteiger partial charge in [-0.25, -0.2) is 4.79 Å². The number of nitrogen functional groups attached to an aromatic ring is 1. The van der Waals surface area contributed by atoms with Gasteiger partial charge in [-0.1, -0.05) is 6.07 Å². The Bertz CT molecular complexity index is 1110. The van der Waals surface area contributed by atoms with Crippen LogP contribution in [0.25, 0.3) is 0 Å². The third kappa shape index (κ3) is 4.95. The summed E-state index contributed by atoms with van der Waals surface area (Å²) in [6.07, 6.45) is -0.258. The quantitative estimate of drug-likeness (QED) is 0.172. The molecule has 5 N–H and O–H groups in total. The molecular formula is C22H20N2O7. The first-order chi connectivity index (χ1) is 14.7. The zero-order valence-electron chi connectivity index (χ0n) is 16.4. The first kappa shape index (κ1) is 21.7. The number of fused-ring (bicyclic) bond motifs is 2. The van der Waals surface area contributed by atoms with E-state index in [0.29, 0.717) is 35.3 Å². The van der Waals surface area contributed by atoms with E-state index in [2.05, 4.69) is 0 Å². The van der Waals surface area contributed by atoms with Crippen LogP contribution in [-0.2, 0) is 22.4 Å². The first-order valence-electron chi connectivity index (χ1n) is 9.46. The van der Waals surface area contributed by atoms with E-state index in [0.717, 1.165) is 0 Å². The molecule has 0 aromatic heterocycles. The Morgan fingerprint density at radius 2 is 1.65 bits per heavy atom. The standard InChI is InChI=1S/C22H20N2O7/c23-20(24)14-4-6-18-13(8-14)2-1-11-7-12(3-5-16(11)22(30)31-18)17(25)9-15(21(28)29)10-19(26)27/h3-8,15H,1-2,9-10H2,(H3,23,24)(H,26,27)(H,28,29)/t15-/m0/s1. The Balaban J connectivity index is 1.86. The first-order valence-corrected chi connectivity index (χ1v) is 9.46. The molecule has 0 radical (unpaired) electrons. The van der Waals surface area contributed by atoms with Gasteiger partial charge < -0.3 is 20.7 Å². The molecule has 9 nitrogen and oxygen atoms in total. The number of benzene rings is 2. The van der Waals surface area contributed by atoms with Crippen molar-refractivity contribution < 1.29 is 34.1 Å². The van der Waals surface area contributed by atoms with E-state index in [1.54, 1.807) is 18.2 Å². The lowest BCUT2D eigenvalue weighted by Crippen LogP contribution is -2.22. The van der Waals surface area contributed by atoms with Crippen molar-refractivity contribution in [3.05, 3.63) is 64.2 Å². The summed E-state index contributed by atoms with van der Waals surface area (Å²) in [6.45, 7) is 0. The second kappa shape index (κ2) is 8.78. The summed E-state index contributed by atoms with van der Waals surface area (Å²) in [5, 5.41) is 25.6. The number of ketones is 1. The fraction of sp³-hybridized carbons (Fsp3) is 0.227. The lowest BCUT2D eigenvalue weighted by Gasteiger charge is -2.18. The normalized spacial score (nSPS) is 13.6. The van der Waals surface area contributed by atoms with Crippen molar-refractivity contribution in [1.29, 1.82) is 5.41 Å². The number of amidine groups is 1. The summed E-state index contributed by atoms with van der Waals surface area (Å²) in [5.41, 5.74) is 7.75. The third-order valence-electron chi connectivity index (χ3n) is 5.09. The number of carboxylic acid groups (broad SMARTS) is 2. The van der Waals surface area contributed by atoms with Gasteiger partial charge in [-0.2, -0.15) is 0 Å². The highest BCUT2D eigenvalue weighted by Crippen LogP contribution is 2.28. The van der Waals surface area contributed by atoms with Crippen molar-refractivity contribution in [2.75, 3.05) is 0 Å². The highest BCUT2D eigenvalue weighted by atomic mass is 16.5. The number of Topliss-reactive ketones (excluding diaryl/α,β-unsaturated/α-hetero) is 1. The summed E-state index contributed by atoms with van der Waals surface area (Å²) in [7, 11) is 0. The van der Waals surface area contributed by atoms with Gasteiger partial charge in [-0.3, -0.25) is 19.8 Å². The van der Waals surface area contributed by atoms with Gasteiger partial charge in [0.2, 0.25) is 0 Å². The van der Waals surface area contributed by atoms with Gasteiger partial charge in [0.25, 0.3) is 0 Å². The average molecular weight is 424 g/mol. The molecule has 1 aliphatic rings. The van der Waals surface area contributed by atoms with Crippen LogP contribution in [0.3, 0.4) is 0 Å². The summed E-state index contributed by atoms with van der Waals surface area (Å²) in [5.74, 6) is -4.86. The number of ether oxygens (including phenoxy) is 1. The Labute approximate surface area is 177 Å². The zero-order chi connectivity index (χ0) is 22.7. The van der Waals surface area contributed by atoms with E-state index in [-0.39, 0.29) is 17.0 Å². The van der Waals surface area contributed by atoms with Crippen LogP contribution in [0.2, 0.25) is 0 Å². The van der Waals surface area contributed by atoms with E-state index in [1.165, 1.54) is 18.2 Å². The van der Waals surface area contributed by atoms with E-state index in [1.807, 2.05) is 0 Å². The van der Waals surface area contributed by atoms with Gasteiger partial charge >= 0.3 is 17.9 Å². The Morgan fingerprint density at radius 1 is 1.00 bits per heavy atom. The zero-order valence-corrected chi connectivity index (χ0v) is 16.4. The minimum absolute atomic E-state index is 0.112. The van der Waals surface area contributed by atoms with Crippen LogP contribution in [0.5, 0.6) is 5.75 Å². The van der Waals surface area contributed by atoms with Crippen molar-refractivity contribution in [3.8, 4) is 5.75 Å². The summed E-state index contributed by atoms with van der Waals surface area (Å²) in [6, 6.07) is 9.22. The van der Waals surface area contributed by atoms with Crippen molar-refractivity contribution >= 4 is 29.5 Å². The number of carbonyl (C=O) groups is 4. The lowest BCUT2D eigenvalue weighted by molar-refractivity contribution is -0.148. The van der Waals surface area contributed by atoms with E-state index in [4.69, 9.17) is 26.1 Å². The molecule has 0 aliphatic carbocycles. The smallest absolute Gasteiger partial charge is 0.343 e. The molecule has 0 bridgehead atoms. The number of nitrogens with one attached hydrogen (secondary N) is 1. The lowest BCUT2D eigenvalue weighted by atomic mass is 9.91. The molecule has 31 heavy (non-hydrogen) atoms. The predicted molar refractivity (Wildman–Crippen MR) is 109 cm³/mol. The van der Waals surface area contributed by atoms with Crippen molar-refractivity contribution in [3.63, 3.8) is 0 Å². The maximum atomic E-state index is 12.6. The van der Waals surface area contributed by atoms with Crippen LogP contribution in [0.4, 0.5) is 0 Å². The van der Waals surface area contributed by atoms with Gasteiger partial charge in [0.1, 0.15) is 11.6 Å². The fourth-order valence-corrected chi connectivity index (χ4v) is 3.44. The minimum Gasteiger partial charge on any atom is -0.481 e. The molecule has 9 heteroatoms. The number of nitrogens with two attached hydrogens (primary N) is 1. The maximum Gasteiger partial charge on any atom is 0.343 e. The monoisotopic (exact) mass is 424 g/mol. The summed E-state index contributed by atoms with van der Waals surface area (Å²) < 4.78 is 5.46. The largest absolute Gasteiger partial charge is 0.481 e. The second-order valence-corrected chi connectivity index (χ2v) is 7.26. The Kier molecular flexibility index (Phi) is 6.15. The van der Waals surface area contributed by atoms with Crippen LogP contribution in [-0.4, -0.2) is 39.7 Å². The molecule has 0 saturated heterocycles. The van der Waals surface area contributed by atoms with Crippen LogP contribution in [0.1, 0.15) is 50.2 Å². The molecule has 1 aliphatic heterocycles. The van der Waals surface area contributed by atoms with E-state index in [9.17, 15) is 19.2 Å². The van der Waals surface area contributed by atoms with Crippen LogP contribution in [0, 0.1) is 11.3 Å². The summed E-state index contributed by atoms with van der Waals surface area (Å²) in [4.78, 5) is 47.3. The van der Waals surface area contributed by atoms with Crippen molar-refractivity contribution in [1.82, 2.24) is 0 Å². The molecule has 3 rings (SSSR count). The number of hydrogen-bond donors (Lipinski definition) is 4. The molecule has 0 unspecified atom stereocenters. The van der Waals surface area contributed by atoms with Gasteiger partial charge in [-0.05, 0) is 54.3 Å². The number of hydrogen-bond acceptors (Lipinski definition) is 6. The number of rotatable bonds is 7. The SMILES string of the molecule is N=C(N)c1ccc2c(c1)CCc1cc(C(=O)C[C@@H](CC(=O)O)C(=O)O)ccc1C(=O)O2. The third-order valence-corrected chi connectivity index (χ3v) is 5.09. The molecule has 0 amide bonds. The molecule has 0 spiro atoms. The average Bonchev–Trinajstić information content (AvgIpc) is 2.70. The van der Waals surface area contributed by atoms with Gasteiger partial charge in [-0.15, -0.1) is 0 Å². The summed E-state index contributed by atoms with van der Waals surface area (Å²) >= 11 is 0. The fourth-order valence-electron chi connectivity index (χ4n) is 3.44. The molecule has 0 saturated carbocycles. The Morgan fingerprint density at radius 3 is 2.29 bits per heavy atom. The highest BCUT2D eigenvalue weighted by Gasteiger charge is 2.26. The van der Waals surface area contributed by atoms with Crippen molar-refractivity contribution in [2.45, 2.75) is 25.7 Å². The number of esters is 1. The number of carbonyl (C=O) groups excluding carboxylic acids is 2. The van der Waals surface area contributed by atoms with Gasteiger partial charge in [0.15, 0.2) is 5.78 Å². The van der Waals surface area contributed by atoms with Crippen LogP contribution in [0.15, 0.2) is 36.4 Å². The molecule has 2 aromatic carbocycles. The van der Waals surface area contributed by atoms with Crippen LogP contribution < -0.4 is 10.5 Å². The maximum absolute atomic E-state index is 12.6. The number of carboxylic acids is 2. The van der Waals surface area contributed by atoms with Crippen LogP contribution >= 0.6 is 0 Å². The molecule has 1 heterocycles. The minimum atomic E-state index is -1.36. The predicted octanol–water partition coefficient (Wildman–Crippen LogP) is 2.04. The van der Waals surface area contributed by atoms with E-state index >= 15 is 0 Å². The second-order valence-electron chi connectivity index (χ2n) is 7.26. The van der Waals surface area contributed by atoms with E-state index < -0.39 is 42.5 Å². The number of aryl methyl sites for hydroxylation is 2. The van der Waals surface area contributed by atoms with Crippen molar-refractivity contribution in [2.24, 2.45) is 11.7 Å². The van der Waals surface area contributed by atoms with Gasteiger partial charge in [0.05, 0.1) is 17.9 Å². The topological polar surface area (TPSA) is 168 Å². The molecular weight excluding hydrogens is 404 g/mol. The Hall–Kier alpha value is -4.01. The molecule has 160 valence electrons. The molecule has 1 atom stereocenters.